The van der Waals surface area contributed by atoms with E-state index in [4.69, 9.17) is 21.7 Å². The first-order valence-corrected chi connectivity index (χ1v) is 13.3. The maximum absolute atomic E-state index is 12.5. The number of nitrogens with one attached hydrogen (secondary N) is 3. The van der Waals surface area contributed by atoms with Gasteiger partial charge in [-0.2, -0.15) is 0 Å². The number of hydrazine groups is 1. The minimum Gasteiger partial charge on any atom is -0.492 e. The summed E-state index contributed by atoms with van der Waals surface area (Å²) in [7, 11) is 0. The second-order valence-corrected chi connectivity index (χ2v) is 9.48. The highest BCUT2D eigenvalue weighted by Crippen LogP contribution is 2.26. The Hall–Kier alpha value is -3.43. The van der Waals surface area contributed by atoms with Crippen LogP contribution in [-0.2, 0) is 6.61 Å². The van der Waals surface area contributed by atoms with E-state index in [1.54, 1.807) is 42.5 Å². The van der Waals surface area contributed by atoms with Gasteiger partial charge in [0.15, 0.2) is 5.11 Å². The average molecular weight is 585 g/mol. The number of hydrogen-bond donors (Lipinski definition) is 3. The Kier molecular flexibility index (Phi) is 11.4. The number of carbonyl (C=O) groups is 2. The molecule has 0 saturated carbocycles. The minimum absolute atomic E-state index is 0.0338. The summed E-state index contributed by atoms with van der Waals surface area (Å²) in [4.78, 5) is 25.0. The molecule has 0 saturated heterocycles. The van der Waals surface area contributed by atoms with Crippen LogP contribution in [0.15, 0.2) is 77.3 Å². The number of rotatable bonds is 11. The summed E-state index contributed by atoms with van der Waals surface area (Å²) >= 11 is 8.58. The zero-order valence-corrected chi connectivity index (χ0v) is 23.0. The molecule has 3 aromatic rings. The van der Waals surface area contributed by atoms with E-state index in [-0.39, 0.29) is 5.11 Å². The van der Waals surface area contributed by atoms with Crippen LogP contribution in [0, 0.1) is 0 Å². The first-order valence-electron chi connectivity index (χ1n) is 12.1. The molecule has 3 N–H and O–H groups in total. The van der Waals surface area contributed by atoms with Crippen molar-refractivity contribution in [1.82, 2.24) is 16.2 Å². The number of thiocarbonyl (C=S) groups is 1. The highest BCUT2D eigenvalue weighted by atomic mass is 79.9. The molecule has 0 bridgehead atoms. The van der Waals surface area contributed by atoms with Crippen LogP contribution in [0.2, 0.25) is 0 Å². The average Bonchev–Trinajstić information content (AvgIpc) is 2.92. The second kappa shape index (κ2) is 15.0. The third-order valence-electron chi connectivity index (χ3n) is 5.33. The van der Waals surface area contributed by atoms with E-state index < -0.39 is 11.8 Å². The van der Waals surface area contributed by atoms with Crippen molar-refractivity contribution >= 4 is 45.1 Å². The summed E-state index contributed by atoms with van der Waals surface area (Å²) < 4.78 is 12.2. The van der Waals surface area contributed by atoms with Crippen LogP contribution in [0.1, 0.15) is 58.9 Å². The van der Waals surface area contributed by atoms with Gasteiger partial charge >= 0.3 is 0 Å². The van der Waals surface area contributed by atoms with Crippen LogP contribution in [0.3, 0.4) is 0 Å². The van der Waals surface area contributed by atoms with E-state index in [0.717, 1.165) is 18.4 Å². The fourth-order valence-electron chi connectivity index (χ4n) is 3.31. The SMILES string of the molecule is CCCCCCOc1ccc(C(=O)NC(=S)NNC(=O)c2ccc(OCc3ccccc3)cc2)cc1Br. The molecule has 0 atom stereocenters. The van der Waals surface area contributed by atoms with Crippen molar-refractivity contribution in [3.8, 4) is 11.5 Å². The van der Waals surface area contributed by atoms with Crippen molar-refractivity contribution in [2.45, 2.75) is 39.2 Å². The number of benzene rings is 3. The Labute approximate surface area is 231 Å². The molecule has 3 rings (SSSR count). The van der Waals surface area contributed by atoms with Crippen LogP contribution < -0.4 is 25.6 Å². The summed E-state index contributed by atoms with van der Waals surface area (Å²) in [6.45, 7) is 3.23. The molecule has 0 heterocycles. The number of carbonyl (C=O) groups excluding carboxylic acids is 2. The lowest BCUT2D eigenvalue weighted by Gasteiger charge is -2.12. The normalized spacial score (nSPS) is 10.3. The van der Waals surface area contributed by atoms with Crippen LogP contribution in [0.5, 0.6) is 11.5 Å². The van der Waals surface area contributed by atoms with Gasteiger partial charge in [0.1, 0.15) is 18.1 Å². The minimum atomic E-state index is -0.415. The largest absolute Gasteiger partial charge is 0.492 e. The molecule has 3 aromatic carbocycles. The van der Waals surface area contributed by atoms with Gasteiger partial charge in [-0.05, 0) is 82.6 Å². The molecule has 0 aromatic heterocycles. The monoisotopic (exact) mass is 583 g/mol. The van der Waals surface area contributed by atoms with Gasteiger partial charge in [0.2, 0.25) is 0 Å². The quantitative estimate of drug-likeness (QED) is 0.147. The lowest BCUT2D eigenvalue weighted by atomic mass is 10.2. The maximum Gasteiger partial charge on any atom is 0.269 e. The molecular formula is C28H30BrN3O4S. The number of hydrogen-bond acceptors (Lipinski definition) is 5. The van der Waals surface area contributed by atoms with Gasteiger partial charge < -0.3 is 9.47 Å². The molecule has 0 fully saturated rings. The lowest BCUT2D eigenvalue weighted by Crippen LogP contribution is -2.48. The first-order chi connectivity index (χ1) is 18.0. The van der Waals surface area contributed by atoms with Gasteiger partial charge in [0.05, 0.1) is 11.1 Å². The molecule has 0 aliphatic rings. The summed E-state index contributed by atoms with van der Waals surface area (Å²) in [5.41, 5.74) is 6.88. The fraction of sp³-hybridized carbons (Fsp3) is 0.250. The zero-order chi connectivity index (χ0) is 26.5. The molecule has 7 nitrogen and oxygen atoms in total. The molecule has 2 amide bonds. The lowest BCUT2D eigenvalue weighted by molar-refractivity contribution is 0.0934. The standard InChI is InChI=1S/C28H30BrN3O4S/c1-2-3-4-8-17-35-25-16-13-22(18-24(25)29)26(33)30-28(37)32-31-27(34)21-11-14-23(15-12-21)36-19-20-9-6-5-7-10-20/h5-7,9-16,18H,2-4,8,17,19H2,1H3,(H,31,34)(H2,30,32,33,37). The molecule has 0 spiro atoms. The molecule has 0 aliphatic heterocycles. The summed E-state index contributed by atoms with van der Waals surface area (Å²) in [6.07, 6.45) is 4.48. The highest BCUT2D eigenvalue weighted by molar-refractivity contribution is 9.10. The topological polar surface area (TPSA) is 88.7 Å². The van der Waals surface area contributed by atoms with E-state index in [9.17, 15) is 9.59 Å². The van der Waals surface area contributed by atoms with Crippen molar-refractivity contribution in [1.29, 1.82) is 0 Å². The van der Waals surface area contributed by atoms with E-state index in [2.05, 4.69) is 39.0 Å². The third-order valence-corrected chi connectivity index (χ3v) is 6.15. The van der Waals surface area contributed by atoms with Crippen molar-refractivity contribution in [3.63, 3.8) is 0 Å². The van der Waals surface area contributed by atoms with Crippen molar-refractivity contribution in [2.24, 2.45) is 0 Å². The van der Waals surface area contributed by atoms with Crippen LogP contribution in [0.4, 0.5) is 0 Å². The van der Waals surface area contributed by atoms with Crippen molar-refractivity contribution < 1.29 is 19.1 Å². The number of ether oxygens (including phenoxy) is 2. The van der Waals surface area contributed by atoms with Crippen molar-refractivity contribution in [3.05, 3.63) is 94.0 Å². The molecular weight excluding hydrogens is 554 g/mol. The van der Waals surface area contributed by atoms with E-state index >= 15 is 0 Å². The van der Waals surface area contributed by atoms with Gasteiger partial charge in [-0.25, -0.2) is 0 Å². The smallest absolute Gasteiger partial charge is 0.269 e. The summed E-state index contributed by atoms with van der Waals surface area (Å²) in [5.74, 6) is 0.504. The maximum atomic E-state index is 12.5. The first kappa shape index (κ1) is 28.1. The van der Waals surface area contributed by atoms with Gasteiger partial charge in [-0.3, -0.25) is 25.8 Å². The molecule has 37 heavy (non-hydrogen) atoms. The Morgan fingerprint density at radius 2 is 1.57 bits per heavy atom. The van der Waals surface area contributed by atoms with Gasteiger partial charge in [0.25, 0.3) is 11.8 Å². The summed E-state index contributed by atoms with van der Waals surface area (Å²) in [5, 5.41) is 2.51. The van der Waals surface area contributed by atoms with E-state index in [0.29, 0.717) is 40.3 Å². The molecule has 0 unspecified atom stereocenters. The van der Waals surface area contributed by atoms with Crippen molar-refractivity contribution in [2.75, 3.05) is 6.61 Å². The predicted octanol–water partition coefficient (Wildman–Crippen LogP) is 5.94. The van der Waals surface area contributed by atoms with E-state index in [1.807, 2.05) is 30.3 Å². The third kappa shape index (κ3) is 9.51. The van der Waals surface area contributed by atoms with Gasteiger partial charge in [0, 0.05) is 11.1 Å². The molecule has 0 aliphatic carbocycles. The van der Waals surface area contributed by atoms with E-state index in [1.165, 1.54) is 12.8 Å². The Morgan fingerprint density at radius 1 is 0.838 bits per heavy atom. The van der Waals surface area contributed by atoms with Crippen LogP contribution in [0.25, 0.3) is 0 Å². The summed E-state index contributed by atoms with van der Waals surface area (Å²) in [6, 6.07) is 21.6. The zero-order valence-electron chi connectivity index (χ0n) is 20.6. The molecule has 9 heteroatoms. The fourth-order valence-corrected chi connectivity index (χ4v) is 3.94. The highest BCUT2D eigenvalue weighted by Gasteiger charge is 2.12. The van der Waals surface area contributed by atoms with Crippen LogP contribution >= 0.6 is 28.1 Å². The second-order valence-electron chi connectivity index (χ2n) is 8.22. The Bertz CT molecular complexity index is 1190. The predicted molar refractivity (Wildman–Crippen MR) is 152 cm³/mol. The number of unbranched alkanes of at least 4 members (excludes halogenated alkanes) is 3. The van der Waals surface area contributed by atoms with Gasteiger partial charge in [-0.1, -0.05) is 56.5 Å². The Morgan fingerprint density at radius 3 is 2.27 bits per heavy atom. The van der Waals surface area contributed by atoms with Gasteiger partial charge in [-0.15, -0.1) is 0 Å². The number of halogens is 1. The van der Waals surface area contributed by atoms with Crippen LogP contribution in [-0.4, -0.2) is 23.5 Å². The molecule has 0 radical (unpaired) electrons. The number of amides is 2. The molecule has 194 valence electrons. The Balaban J connectivity index is 1.41.